The molecule has 0 heterocycles. The minimum Gasteiger partial charge on any atom is -0.409 e. The molecule has 0 radical (unpaired) electrons. The lowest BCUT2D eigenvalue weighted by atomic mass is 9.83. The molecule has 1 rings (SSSR count). The molecule has 0 aromatic heterocycles. The van der Waals surface area contributed by atoms with E-state index < -0.39 is 30.9 Å². The van der Waals surface area contributed by atoms with Crippen LogP contribution in [-0.4, -0.2) is 53.1 Å². The fourth-order valence-corrected chi connectivity index (χ4v) is 2.52. The highest BCUT2D eigenvalue weighted by atomic mass is 19.3. The van der Waals surface area contributed by atoms with Crippen molar-refractivity contribution in [2.24, 2.45) is 16.3 Å². The quantitative estimate of drug-likeness (QED) is 0.283. The van der Waals surface area contributed by atoms with E-state index in [-0.39, 0.29) is 12.4 Å². The molecule has 0 atom stereocenters. The molecule has 6 nitrogen and oxygen atoms in total. The van der Waals surface area contributed by atoms with Gasteiger partial charge in [-0.2, -0.15) is 0 Å². The molecule has 0 saturated heterocycles. The van der Waals surface area contributed by atoms with Crippen LogP contribution in [0.1, 0.15) is 25.7 Å². The molecule has 1 aliphatic carbocycles. The number of alkyl halides is 2. The van der Waals surface area contributed by atoms with Crippen LogP contribution >= 0.6 is 0 Å². The summed E-state index contributed by atoms with van der Waals surface area (Å²) in [5.41, 5.74) is 4.37. The van der Waals surface area contributed by atoms with Crippen molar-refractivity contribution >= 4 is 11.7 Å². The second kappa shape index (κ2) is 6.65. The highest BCUT2D eigenvalue weighted by Crippen LogP contribution is 2.40. The molecule has 8 heteroatoms. The summed E-state index contributed by atoms with van der Waals surface area (Å²) >= 11 is 0. The van der Waals surface area contributed by atoms with E-state index in [2.05, 4.69) is 5.16 Å². The van der Waals surface area contributed by atoms with Crippen molar-refractivity contribution in [3.8, 4) is 0 Å². The molecular weight excluding hydrogens is 260 g/mol. The van der Waals surface area contributed by atoms with Crippen LogP contribution in [0.5, 0.6) is 0 Å². The summed E-state index contributed by atoms with van der Waals surface area (Å²) in [5, 5.41) is 20.6. The van der Waals surface area contributed by atoms with E-state index >= 15 is 0 Å². The maximum Gasteiger partial charge on any atom is 0.255 e. The van der Waals surface area contributed by atoms with Gasteiger partial charge < -0.3 is 20.9 Å². The number of hydrogen-bond acceptors (Lipinski definition) is 4. The topological polar surface area (TPSA) is 99.2 Å². The number of aliphatic hydroxyl groups excluding tert-OH is 1. The van der Waals surface area contributed by atoms with Crippen LogP contribution in [0.3, 0.4) is 0 Å². The predicted octanol–water partition coefficient (Wildman–Crippen LogP) is 0.379. The van der Waals surface area contributed by atoms with Crippen molar-refractivity contribution in [2.45, 2.75) is 32.1 Å². The Morgan fingerprint density at radius 2 is 2.00 bits per heavy atom. The van der Waals surface area contributed by atoms with Gasteiger partial charge in [-0.25, -0.2) is 8.78 Å². The summed E-state index contributed by atoms with van der Waals surface area (Å²) < 4.78 is 25.0. The minimum absolute atomic E-state index is 0.191. The largest absolute Gasteiger partial charge is 0.409 e. The first-order valence-corrected chi connectivity index (χ1v) is 6.14. The lowest BCUT2D eigenvalue weighted by Gasteiger charge is -2.33. The van der Waals surface area contributed by atoms with E-state index in [9.17, 15) is 13.6 Å². The van der Waals surface area contributed by atoms with Crippen molar-refractivity contribution in [2.75, 3.05) is 19.7 Å². The minimum atomic E-state index is -2.69. The zero-order valence-electron chi connectivity index (χ0n) is 10.6. The molecule has 0 aliphatic heterocycles. The third-order valence-corrected chi connectivity index (χ3v) is 3.48. The van der Waals surface area contributed by atoms with Gasteiger partial charge in [-0.1, -0.05) is 18.0 Å². The summed E-state index contributed by atoms with van der Waals surface area (Å²) in [6.45, 7) is -1.37. The van der Waals surface area contributed by atoms with E-state index in [1.54, 1.807) is 0 Å². The molecule has 0 bridgehead atoms. The van der Waals surface area contributed by atoms with Crippen molar-refractivity contribution in [1.82, 2.24) is 4.90 Å². The Morgan fingerprint density at radius 1 is 1.42 bits per heavy atom. The van der Waals surface area contributed by atoms with Gasteiger partial charge in [0, 0.05) is 6.54 Å². The normalized spacial score (nSPS) is 18.8. The number of carbonyl (C=O) groups excluding carboxylic acids is 1. The fraction of sp³-hybridized carbons (Fsp3) is 0.818. The van der Waals surface area contributed by atoms with Crippen molar-refractivity contribution in [3.05, 3.63) is 0 Å². The van der Waals surface area contributed by atoms with Gasteiger partial charge in [-0.05, 0) is 12.8 Å². The Balaban J connectivity index is 2.97. The standard InChI is InChI=1S/C11H19F2N3O3/c12-8(13)7-16(5-6-17)10(18)11(9(14)15-19)3-1-2-4-11/h8,17,19H,1-7H2,(H2,14,15). The SMILES string of the molecule is NC(=NO)C1(C(=O)N(CCO)CC(F)F)CCCC1. The second-order valence-corrected chi connectivity index (χ2v) is 4.64. The smallest absolute Gasteiger partial charge is 0.255 e. The van der Waals surface area contributed by atoms with Crippen LogP contribution in [0.25, 0.3) is 0 Å². The molecule has 1 saturated carbocycles. The summed E-state index contributed by atoms with van der Waals surface area (Å²) in [4.78, 5) is 13.3. The maximum atomic E-state index is 12.5. The Labute approximate surface area is 109 Å². The monoisotopic (exact) mass is 279 g/mol. The van der Waals surface area contributed by atoms with Gasteiger partial charge in [0.1, 0.15) is 5.41 Å². The van der Waals surface area contributed by atoms with Gasteiger partial charge in [0.15, 0.2) is 5.84 Å². The van der Waals surface area contributed by atoms with E-state index in [0.29, 0.717) is 25.7 Å². The number of rotatable bonds is 6. The van der Waals surface area contributed by atoms with Crippen molar-refractivity contribution in [1.29, 1.82) is 0 Å². The summed E-state index contributed by atoms with van der Waals surface area (Å²) in [5.74, 6) is -0.846. The van der Waals surface area contributed by atoms with E-state index in [0.717, 1.165) is 4.90 Å². The van der Waals surface area contributed by atoms with Crippen molar-refractivity contribution < 1.29 is 23.9 Å². The molecule has 1 fully saturated rings. The lowest BCUT2D eigenvalue weighted by Crippen LogP contribution is -2.51. The number of oxime groups is 1. The average molecular weight is 279 g/mol. The Morgan fingerprint density at radius 3 is 2.42 bits per heavy atom. The van der Waals surface area contributed by atoms with E-state index in [1.165, 1.54) is 0 Å². The number of nitrogens with two attached hydrogens (primary N) is 1. The number of carbonyl (C=O) groups is 1. The number of hydrogen-bond donors (Lipinski definition) is 3. The zero-order valence-corrected chi connectivity index (χ0v) is 10.6. The molecule has 0 aromatic carbocycles. The van der Waals surface area contributed by atoms with E-state index in [1.807, 2.05) is 0 Å². The first-order chi connectivity index (χ1) is 8.97. The summed E-state index contributed by atoms with van der Waals surface area (Å²) in [7, 11) is 0. The van der Waals surface area contributed by atoms with Crippen molar-refractivity contribution in [3.63, 3.8) is 0 Å². The second-order valence-electron chi connectivity index (χ2n) is 4.64. The molecule has 1 amide bonds. The number of amides is 1. The zero-order chi connectivity index (χ0) is 14.5. The molecule has 0 aromatic rings. The van der Waals surface area contributed by atoms with Gasteiger partial charge in [0.05, 0.1) is 13.2 Å². The molecule has 0 spiro atoms. The van der Waals surface area contributed by atoms with Crippen LogP contribution in [0.15, 0.2) is 5.16 Å². The Bertz CT molecular complexity index is 344. The Hall–Kier alpha value is -1.44. The van der Waals surface area contributed by atoms with Gasteiger partial charge >= 0.3 is 0 Å². The molecule has 4 N–H and O–H groups in total. The van der Waals surface area contributed by atoms with Gasteiger partial charge in [-0.3, -0.25) is 4.79 Å². The van der Waals surface area contributed by atoms with Crippen LogP contribution < -0.4 is 5.73 Å². The van der Waals surface area contributed by atoms with Crippen LogP contribution in [0, 0.1) is 5.41 Å². The highest BCUT2D eigenvalue weighted by Gasteiger charge is 2.47. The first-order valence-electron chi connectivity index (χ1n) is 6.14. The third kappa shape index (κ3) is 3.31. The molecule has 110 valence electrons. The molecule has 19 heavy (non-hydrogen) atoms. The number of amidine groups is 1. The lowest BCUT2D eigenvalue weighted by molar-refractivity contribution is -0.140. The van der Waals surface area contributed by atoms with Gasteiger partial charge in [0.25, 0.3) is 6.43 Å². The fourth-order valence-electron chi connectivity index (χ4n) is 2.52. The Kier molecular flexibility index (Phi) is 5.46. The highest BCUT2D eigenvalue weighted by molar-refractivity contribution is 6.07. The van der Waals surface area contributed by atoms with Crippen LogP contribution in [0.2, 0.25) is 0 Å². The number of halogens is 2. The summed E-state index contributed by atoms with van der Waals surface area (Å²) in [6.07, 6.45) is -0.534. The number of nitrogens with zero attached hydrogens (tertiary/aromatic N) is 2. The van der Waals surface area contributed by atoms with Gasteiger partial charge in [0.2, 0.25) is 5.91 Å². The van der Waals surface area contributed by atoms with Crippen LogP contribution in [-0.2, 0) is 4.79 Å². The first kappa shape index (κ1) is 15.6. The van der Waals surface area contributed by atoms with Gasteiger partial charge in [-0.15, -0.1) is 0 Å². The average Bonchev–Trinajstić information content (AvgIpc) is 2.86. The molecular formula is C11H19F2N3O3. The third-order valence-electron chi connectivity index (χ3n) is 3.48. The maximum absolute atomic E-state index is 12.5. The van der Waals surface area contributed by atoms with E-state index in [4.69, 9.17) is 16.0 Å². The van der Waals surface area contributed by atoms with Crippen LogP contribution in [0.4, 0.5) is 8.78 Å². The predicted molar refractivity (Wildman–Crippen MR) is 64.0 cm³/mol. The molecule has 0 unspecified atom stereocenters. The summed E-state index contributed by atoms with van der Waals surface area (Å²) in [6, 6.07) is 0. The number of aliphatic hydroxyl groups is 1. The molecule has 1 aliphatic rings.